The molecule has 1 fully saturated rings. The number of carbonyl (C=O) groups excluding carboxylic acids is 2. The molecule has 6 nitrogen and oxygen atoms in total. The molecule has 7 heteroatoms. The van der Waals surface area contributed by atoms with Crippen molar-refractivity contribution >= 4 is 23.4 Å². The molecule has 0 saturated carbocycles. The zero-order valence-electron chi connectivity index (χ0n) is 13.5. The number of halogens is 1. The second-order valence-electron chi connectivity index (χ2n) is 5.32. The van der Waals surface area contributed by atoms with Gasteiger partial charge in [-0.3, -0.25) is 9.59 Å². The molecule has 2 amide bonds. The summed E-state index contributed by atoms with van der Waals surface area (Å²) in [6.45, 7) is 0.545. The Morgan fingerprint density at radius 3 is 2.61 bits per heavy atom. The van der Waals surface area contributed by atoms with Gasteiger partial charge in [0.1, 0.15) is 6.04 Å². The van der Waals surface area contributed by atoms with Gasteiger partial charge in [-0.1, -0.05) is 11.6 Å². The standard InChI is InChI=1S/C16H21ClN2O4/c1-18-15(20)12-6-4-5-7-19(12)16(21)10-8-11(17)14(23-3)13(9-10)22-2/h8-9,12H,4-7H2,1-3H3,(H,18,20)/t12-/m0/s1. The van der Waals surface area contributed by atoms with Gasteiger partial charge in [-0.15, -0.1) is 0 Å². The number of nitrogens with one attached hydrogen (secondary N) is 1. The van der Waals surface area contributed by atoms with E-state index in [-0.39, 0.29) is 11.8 Å². The van der Waals surface area contributed by atoms with Gasteiger partial charge in [0.15, 0.2) is 11.5 Å². The monoisotopic (exact) mass is 340 g/mol. The van der Waals surface area contributed by atoms with Gasteiger partial charge in [-0.25, -0.2) is 0 Å². The van der Waals surface area contributed by atoms with Gasteiger partial charge in [0.25, 0.3) is 5.91 Å². The SMILES string of the molecule is CNC(=O)[C@@H]1CCCCN1C(=O)c1cc(Cl)c(OC)c(OC)c1. The summed E-state index contributed by atoms with van der Waals surface area (Å²) in [5.41, 5.74) is 0.378. The molecule has 0 spiro atoms. The number of piperidine rings is 1. The predicted octanol–water partition coefficient (Wildman–Crippen LogP) is 2.10. The molecule has 1 saturated heterocycles. The number of hydrogen-bond acceptors (Lipinski definition) is 4. The lowest BCUT2D eigenvalue weighted by Crippen LogP contribution is -2.51. The van der Waals surface area contributed by atoms with Gasteiger partial charge in [-0.2, -0.15) is 0 Å². The van der Waals surface area contributed by atoms with E-state index in [1.165, 1.54) is 14.2 Å². The second kappa shape index (κ2) is 7.55. The van der Waals surface area contributed by atoms with Crippen molar-refractivity contribution < 1.29 is 19.1 Å². The topological polar surface area (TPSA) is 67.9 Å². The smallest absolute Gasteiger partial charge is 0.254 e. The van der Waals surface area contributed by atoms with Crippen molar-refractivity contribution in [2.24, 2.45) is 0 Å². The minimum atomic E-state index is -0.451. The Hall–Kier alpha value is -1.95. The maximum atomic E-state index is 12.8. The first-order valence-electron chi connectivity index (χ1n) is 7.47. The van der Waals surface area contributed by atoms with Crippen LogP contribution in [-0.4, -0.2) is 50.6 Å². The normalized spacial score (nSPS) is 17.6. The summed E-state index contributed by atoms with van der Waals surface area (Å²) in [4.78, 5) is 26.5. The Labute approximate surface area is 140 Å². The molecule has 1 aromatic rings. The van der Waals surface area contributed by atoms with E-state index >= 15 is 0 Å². The Kier molecular flexibility index (Phi) is 5.71. The van der Waals surface area contributed by atoms with Crippen molar-refractivity contribution in [1.29, 1.82) is 0 Å². The van der Waals surface area contributed by atoms with Crippen LogP contribution < -0.4 is 14.8 Å². The lowest BCUT2D eigenvalue weighted by molar-refractivity contribution is -0.126. The molecular formula is C16H21ClN2O4. The van der Waals surface area contributed by atoms with Crippen LogP contribution in [0, 0.1) is 0 Å². The van der Waals surface area contributed by atoms with Gasteiger partial charge in [-0.05, 0) is 31.4 Å². The number of nitrogens with zero attached hydrogens (tertiary/aromatic N) is 1. The number of ether oxygens (including phenoxy) is 2. The number of hydrogen-bond donors (Lipinski definition) is 1. The number of likely N-dealkylation sites (tertiary alicyclic amines) is 1. The van der Waals surface area contributed by atoms with Crippen LogP contribution in [0.5, 0.6) is 11.5 Å². The maximum absolute atomic E-state index is 12.8. The van der Waals surface area contributed by atoms with Crippen molar-refractivity contribution in [1.82, 2.24) is 10.2 Å². The van der Waals surface area contributed by atoms with Gasteiger partial charge in [0, 0.05) is 19.2 Å². The molecule has 126 valence electrons. The van der Waals surface area contributed by atoms with E-state index in [1.54, 1.807) is 24.1 Å². The summed E-state index contributed by atoms with van der Waals surface area (Å²) >= 11 is 6.17. The third kappa shape index (κ3) is 3.52. The van der Waals surface area contributed by atoms with Crippen molar-refractivity contribution in [3.63, 3.8) is 0 Å². The Balaban J connectivity index is 2.35. The zero-order chi connectivity index (χ0) is 17.0. The summed E-state index contributed by atoms with van der Waals surface area (Å²) in [7, 11) is 4.54. The molecule has 1 aliphatic rings. The van der Waals surface area contributed by atoms with Crippen LogP contribution in [0.1, 0.15) is 29.6 Å². The first-order chi connectivity index (χ1) is 11.0. The largest absolute Gasteiger partial charge is 0.493 e. The van der Waals surface area contributed by atoms with Gasteiger partial charge in [0.05, 0.1) is 19.2 Å². The van der Waals surface area contributed by atoms with E-state index in [0.717, 1.165) is 12.8 Å². The molecular weight excluding hydrogens is 320 g/mol. The molecule has 1 N–H and O–H groups in total. The van der Waals surface area contributed by atoms with E-state index in [1.807, 2.05) is 0 Å². The maximum Gasteiger partial charge on any atom is 0.254 e. The van der Waals surface area contributed by atoms with Crippen molar-refractivity contribution in [2.75, 3.05) is 27.8 Å². The quantitative estimate of drug-likeness (QED) is 0.911. The first-order valence-corrected chi connectivity index (χ1v) is 7.85. The summed E-state index contributed by atoms with van der Waals surface area (Å²) in [6.07, 6.45) is 2.46. The Morgan fingerprint density at radius 2 is 2.00 bits per heavy atom. The van der Waals surface area contributed by atoms with E-state index in [0.29, 0.717) is 35.1 Å². The van der Waals surface area contributed by atoms with Crippen LogP contribution in [0.3, 0.4) is 0 Å². The molecule has 1 aromatic carbocycles. The number of benzene rings is 1. The highest BCUT2D eigenvalue weighted by atomic mass is 35.5. The highest BCUT2D eigenvalue weighted by Crippen LogP contribution is 2.36. The summed E-state index contributed by atoms with van der Waals surface area (Å²) in [5.74, 6) is 0.384. The molecule has 1 aliphatic heterocycles. The lowest BCUT2D eigenvalue weighted by Gasteiger charge is -2.34. The third-order valence-corrected chi connectivity index (χ3v) is 4.27. The summed E-state index contributed by atoms with van der Waals surface area (Å²) in [6, 6.07) is 2.68. The van der Waals surface area contributed by atoms with Crippen LogP contribution >= 0.6 is 11.6 Å². The van der Waals surface area contributed by atoms with Crippen LogP contribution in [0.4, 0.5) is 0 Å². The average molecular weight is 341 g/mol. The fourth-order valence-corrected chi connectivity index (χ4v) is 3.11. The van der Waals surface area contributed by atoms with Gasteiger partial charge >= 0.3 is 0 Å². The molecule has 0 unspecified atom stereocenters. The molecule has 0 aliphatic carbocycles. The van der Waals surface area contributed by atoms with Gasteiger partial charge < -0.3 is 19.7 Å². The number of rotatable bonds is 4. The van der Waals surface area contributed by atoms with E-state index < -0.39 is 6.04 Å². The number of likely N-dealkylation sites (N-methyl/N-ethyl adjacent to an activating group) is 1. The number of methoxy groups -OCH3 is 2. The van der Waals surface area contributed by atoms with Gasteiger partial charge in [0.2, 0.25) is 5.91 Å². The minimum Gasteiger partial charge on any atom is -0.493 e. The van der Waals surface area contributed by atoms with Crippen LogP contribution in [-0.2, 0) is 4.79 Å². The molecule has 1 heterocycles. The molecule has 0 bridgehead atoms. The molecule has 23 heavy (non-hydrogen) atoms. The number of carbonyl (C=O) groups is 2. The molecule has 0 radical (unpaired) electrons. The number of amides is 2. The van der Waals surface area contributed by atoms with Crippen molar-refractivity contribution in [3.05, 3.63) is 22.7 Å². The lowest BCUT2D eigenvalue weighted by atomic mass is 10.00. The molecule has 2 rings (SSSR count). The van der Waals surface area contributed by atoms with Crippen molar-refractivity contribution in [3.8, 4) is 11.5 Å². The van der Waals surface area contributed by atoms with Crippen molar-refractivity contribution in [2.45, 2.75) is 25.3 Å². The Morgan fingerprint density at radius 1 is 1.26 bits per heavy atom. The second-order valence-corrected chi connectivity index (χ2v) is 5.73. The predicted molar refractivity (Wildman–Crippen MR) is 87.3 cm³/mol. The zero-order valence-corrected chi connectivity index (χ0v) is 14.3. The first kappa shape index (κ1) is 17.4. The highest BCUT2D eigenvalue weighted by Gasteiger charge is 2.32. The van der Waals surface area contributed by atoms with Crippen LogP contribution in [0.25, 0.3) is 0 Å². The highest BCUT2D eigenvalue weighted by molar-refractivity contribution is 6.32. The van der Waals surface area contributed by atoms with E-state index in [9.17, 15) is 9.59 Å². The summed E-state index contributed by atoms with van der Waals surface area (Å²) in [5, 5.41) is 2.91. The fraction of sp³-hybridized carbons (Fsp3) is 0.500. The fourth-order valence-electron chi connectivity index (χ4n) is 2.82. The summed E-state index contributed by atoms with van der Waals surface area (Å²) < 4.78 is 10.4. The molecule has 0 aromatic heterocycles. The van der Waals surface area contributed by atoms with Crippen LogP contribution in [0.2, 0.25) is 5.02 Å². The average Bonchev–Trinajstić information content (AvgIpc) is 2.59. The minimum absolute atomic E-state index is 0.148. The van der Waals surface area contributed by atoms with E-state index in [2.05, 4.69) is 5.32 Å². The Bertz CT molecular complexity index is 606. The van der Waals surface area contributed by atoms with E-state index in [4.69, 9.17) is 21.1 Å². The van der Waals surface area contributed by atoms with Crippen LogP contribution in [0.15, 0.2) is 12.1 Å². The third-order valence-electron chi connectivity index (χ3n) is 3.99. The molecule has 1 atom stereocenters.